The van der Waals surface area contributed by atoms with Gasteiger partial charge in [-0.15, -0.1) is 0 Å². The van der Waals surface area contributed by atoms with E-state index in [2.05, 4.69) is 25.3 Å². The number of aliphatic hydroxyl groups excluding tert-OH is 3. The van der Waals surface area contributed by atoms with Crippen LogP contribution in [0.5, 0.6) is 0 Å². The summed E-state index contributed by atoms with van der Waals surface area (Å²) in [4.78, 5) is 15.6. The fourth-order valence-electron chi connectivity index (χ4n) is 3.33. The Kier molecular flexibility index (Phi) is 7.55. The van der Waals surface area contributed by atoms with E-state index >= 15 is 0 Å². The van der Waals surface area contributed by atoms with Gasteiger partial charge in [0.2, 0.25) is 5.95 Å². The van der Waals surface area contributed by atoms with Crippen molar-refractivity contribution in [2.24, 2.45) is 16.5 Å². The molecule has 13 heteroatoms. The van der Waals surface area contributed by atoms with Crippen molar-refractivity contribution in [1.29, 1.82) is 0 Å². The Bertz CT molecular complexity index is 928. The third-order valence-electron chi connectivity index (χ3n) is 4.91. The number of imidazole rings is 1. The lowest BCUT2D eigenvalue weighted by Crippen LogP contribution is -2.33. The number of aromatic nitrogens is 4. The highest BCUT2D eigenvalue weighted by atomic mass is 32.1. The number of H-pyrrole nitrogens is 1. The van der Waals surface area contributed by atoms with E-state index in [9.17, 15) is 15.3 Å². The van der Waals surface area contributed by atoms with Crippen LogP contribution in [0.4, 0.5) is 5.95 Å². The smallest absolute Gasteiger partial charge is 0.203 e. The number of nitrogens with two attached hydrogens (primary N) is 2. The summed E-state index contributed by atoms with van der Waals surface area (Å²) in [6.07, 6.45) is 1.13. The molecule has 0 aliphatic carbocycles. The van der Waals surface area contributed by atoms with Gasteiger partial charge in [0.05, 0.1) is 12.9 Å². The van der Waals surface area contributed by atoms with Crippen LogP contribution in [0.3, 0.4) is 0 Å². The van der Waals surface area contributed by atoms with Gasteiger partial charge in [0, 0.05) is 13.1 Å². The molecule has 2 unspecified atom stereocenters. The van der Waals surface area contributed by atoms with Crippen LogP contribution in [0.1, 0.15) is 31.9 Å². The lowest BCUT2D eigenvalue weighted by Gasteiger charge is -2.17. The number of hydrogen-bond acceptors (Lipinski definition) is 9. The highest BCUT2D eigenvalue weighted by Crippen LogP contribution is 2.31. The number of hydrogen-bond donors (Lipinski definition) is 7. The van der Waals surface area contributed by atoms with Gasteiger partial charge in [-0.2, -0.15) is 0 Å². The van der Waals surface area contributed by atoms with Crippen molar-refractivity contribution in [3.8, 4) is 0 Å². The van der Waals surface area contributed by atoms with Crippen molar-refractivity contribution in [2.45, 2.75) is 50.2 Å². The summed E-state index contributed by atoms with van der Waals surface area (Å²) in [5, 5.41) is 32.8. The van der Waals surface area contributed by atoms with Gasteiger partial charge in [-0.25, -0.2) is 9.97 Å². The lowest BCUT2D eigenvalue weighted by molar-refractivity contribution is -0.0511. The van der Waals surface area contributed by atoms with E-state index < -0.39 is 31.1 Å². The number of nitrogens with zero attached hydrogens (tertiary/aromatic N) is 4. The molecule has 0 bridgehead atoms. The zero-order chi connectivity index (χ0) is 21.7. The molecule has 166 valence electrons. The molecule has 1 aliphatic rings. The quantitative estimate of drug-likeness (QED) is 0.108. The molecule has 0 radical (unpaired) electrons. The van der Waals surface area contributed by atoms with Crippen LogP contribution in [-0.4, -0.2) is 78.8 Å². The Morgan fingerprint density at radius 3 is 2.73 bits per heavy atom. The molecule has 30 heavy (non-hydrogen) atoms. The van der Waals surface area contributed by atoms with Crippen molar-refractivity contribution in [3.05, 3.63) is 11.0 Å². The molecular formula is C17H28N8O4S. The molecule has 2 aromatic rings. The summed E-state index contributed by atoms with van der Waals surface area (Å²) in [5.41, 5.74) is 11.5. The first-order valence-electron chi connectivity index (χ1n) is 9.81. The number of fused-ring (bicyclic) bond motifs is 1. The number of nitrogens with one attached hydrogen (secondary N) is 2. The van der Waals surface area contributed by atoms with Crippen LogP contribution < -0.4 is 16.8 Å². The Labute approximate surface area is 178 Å². The zero-order valence-electron chi connectivity index (χ0n) is 16.4. The third-order valence-corrected chi connectivity index (χ3v) is 5.19. The van der Waals surface area contributed by atoms with E-state index in [1.165, 1.54) is 6.33 Å². The number of unbranched alkanes of at least 4 members (excludes halogenated alkanes) is 3. The fourth-order valence-corrected chi connectivity index (χ4v) is 3.57. The minimum Gasteiger partial charge on any atom is -0.394 e. The Morgan fingerprint density at radius 2 is 2.03 bits per heavy atom. The van der Waals surface area contributed by atoms with Crippen molar-refractivity contribution in [1.82, 2.24) is 19.5 Å². The third kappa shape index (κ3) is 5.05. The molecule has 4 atom stereocenters. The molecule has 3 rings (SSSR count). The first kappa shape index (κ1) is 22.4. The van der Waals surface area contributed by atoms with Crippen LogP contribution in [0, 0.1) is 4.64 Å². The van der Waals surface area contributed by atoms with Gasteiger partial charge in [0.1, 0.15) is 29.5 Å². The normalized spacial score (nSPS) is 23.7. The second-order valence-electron chi connectivity index (χ2n) is 7.12. The van der Waals surface area contributed by atoms with Gasteiger partial charge in [0.25, 0.3) is 0 Å². The maximum absolute atomic E-state index is 10.3. The maximum atomic E-state index is 10.3. The van der Waals surface area contributed by atoms with Crippen molar-refractivity contribution >= 4 is 35.3 Å². The second-order valence-corrected chi connectivity index (χ2v) is 7.50. The molecule has 1 aliphatic heterocycles. The number of aliphatic imine (C=N–C) groups is 1. The van der Waals surface area contributed by atoms with E-state index in [1.807, 2.05) is 0 Å². The van der Waals surface area contributed by atoms with E-state index in [0.717, 1.165) is 25.7 Å². The highest BCUT2D eigenvalue weighted by Gasteiger charge is 2.43. The molecule has 1 fully saturated rings. The van der Waals surface area contributed by atoms with Gasteiger partial charge in [-0.3, -0.25) is 9.56 Å². The lowest BCUT2D eigenvalue weighted by atomic mass is 10.1. The maximum Gasteiger partial charge on any atom is 0.203 e. The average molecular weight is 441 g/mol. The van der Waals surface area contributed by atoms with E-state index in [0.29, 0.717) is 34.8 Å². The first-order chi connectivity index (χ1) is 14.4. The highest BCUT2D eigenvalue weighted by molar-refractivity contribution is 7.71. The number of aromatic amines is 1. The SMILES string of the molecule is NC(N)=NCCCCCCNc1nc(=S)c2ncn([C@@H]3O[C@H](CO)C(O)C3O)c2[nH]1. The summed E-state index contributed by atoms with van der Waals surface area (Å²) >= 11 is 5.33. The van der Waals surface area contributed by atoms with E-state index in [4.69, 9.17) is 28.4 Å². The van der Waals surface area contributed by atoms with Gasteiger partial charge in [-0.1, -0.05) is 25.1 Å². The van der Waals surface area contributed by atoms with Crippen LogP contribution in [0.2, 0.25) is 0 Å². The van der Waals surface area contributed by atoms with Crippen LogP contribution in [-0.2, 0) is 4.74 Å². The largest absolute Gasteiger partial charge is 0.394 e. The predicted octanol–water partition coefficient (Wildman–Crippen LogP) is -0.654. The molecule has 0 amide bonds. The Morgan fingerprint density at radius 1 is 1.27 bits per heavy atom. The Balaban J connectivity index is 1.62. The van der Waals surface area contributed by atoms with Gasteiger partial charge >= 0.3 is 0 Å². The van der Waals surface area contributed by atoms with Crippen molar-refractivity contribution < 1.29 is 20.1 Å². The number of anilines is 1. The van der Waals surface area contributed by atoms with Crippen LogP contribution in [0.15, 0.2) is 11.3 Å². The monoisotopic (exact) mass is 440 g/mol. The van der Waals surface area contributed by atoms with Gasteiger partial charge in [0.15, 0.2) is 16.8 Å². The Hall–Kier alpha value is -2.32. The van der Waals surface area contributed by atoms with Crippen molar-refractivity contribution in [3.63, 3.8) is 0 Å². The molecule has 0 spiro atoms. The summed E-state index contributed by atoms with van der Waals surface area (Å²) in [5.74, 6) is 0.589. The predicted molar refractivity (Wildman–Crippen MR) is 113 cm³/mol. The number of rotatable bonds is 10. The van der Waals surface area contributed by atoms with Gasteiger partial charge < -0.3 is 41.8 Å². The minimum atomic E-state index is -1.22. The molecule has 2 aromatic heterocycles. The summed E-state index contributed by atoms with van der Waals surface area (Å²) in [6.45, 7) is 0.914. The number of guanidine groups is 1. The molecule has 9 N–H and O–H groups in total. The summed E-state index contributed by atoms with van der Waals surface area (Å²) < 4.78 is 7.43. The standard InChI is InChI=1S/C17H28N8O4S/c18-16(19)20-5-3-1-2-4-6-21-17-23-13-10(14(30)24-17)22-8-25(13)15-12(28)11(27)9(7-26)29-15/h8-9,11-12,15,26-28H,1-7H2,(H4,18,19,20)(H2,21,23,24,30)/t9-,11?,12?,15-/m1/s1. The topological polar surface area (TPSA) is 193 Å². The molecule has 3 heterocycles. The second kappa shape index (κ2) is 10.1. The number of aliphatic hydroxyl groups is 3. The van der Waals surface area contributed by atoms with E-state index in [1.54, 1.807) is 4.57 Å². The molecule has 0 aromatic carbocycles. The van der Waals surface area contributed by atoms with Gasteiger partial charge in [-0.05, 0) is 12.8 Å². The molecular weight excluding hydrogens is 412 g/mol. The molecule has 0 saturated carbocycles. The van der Waals surface area contributed by atoms with Crippen molar-refractivity contribution in [2.75, 3.05) is 25.0 Å². The summed E-state index contributed by atoms with van der Waals surface area (Å²) in [7, 11) is 0. The molecule has 12 nitrogen and oxygen atoms in total. The van der Waals surface area contributed by atoms with Crippen LogP contribution >= 0.6 is 12.2 Å². The van der Waals surface area contributed by atoms with Crippen LogP contribution in [0.25, 0.3) is 11.2 Å². The van der Waals surface area contributed by atoms with E-state index in [-0.39, 0.29) is 5.96 Å². The minimum absolute atomic E-state index is 0.115. The molecule has 1 saturated heterocycles. The average Bonchev–Trinajstić information content (AvgIpc) is 3.25. The number of ether oxygens (including phenoxy) is 1. The first-order valence-corrected chi connectivity index (χ1v) is 10.2. The summed E-state index contributed by atoms with van der Waals surface area (Å²) in [6, 6.07) is 0. The zero-order valence-corrected chi connectivity index (χ0v) is 17.3. The fraction of sp³-hybridized carbons (Fsp3) is 0.647.